The molecule has 0 aromatic heterocycles. The average Bonchev–Trinajstić information content (AvgIpc) is 3.13. The van der Waals surface area contributed by atoms with Gasteiger partial charge >= 0.3 is 0 Å². The van der Waals surface area contributed by atoms with Gasteiger partial charge in [0.15, 0.2) is 23.0 Å². The first-order valence-electron chi connectivity index (χ1n) is 14.9. The summed E-state index contributed by atoms with van der Waals surface area (Å²) in [5, 5.41) is 14.2. The van der Waals surface area contributed by atoms with Crippen molar-refractivity contribution in [1.29, 1.82) is 0 Å². The van der Waals surface area contributed by atoms with Gasteiger partial charge in [-0.3, -0.25) is 0 Å². The molecule has 1 saturated heterocycles. The van der Waals surface area contributed by atoms with Crippen LogP contribution in [0.4, 0.5) is 0 Å². The highest BCUT2D eigenvalue weighted by molar-refractivity contribution is 14.1. The number of ether oxygens (including phenoxy) is 4. The van der Waals surface area contributed by atoms with Crippen molar-refractivity contribution in [3.63, 3.8) is 0 Å². The Morgan fingerprint density at radius 1 is 0.905 bits per heavy atom. The molecule has 0 N–H and O–H groups in total. The molecule has 0 aliphatic carbocycles. The van der Waals surface area contributed by atoms with Crippen LogP contribution in [-0.2, 0) is 19.4 Å². The Hall–Kier alpha value is -2.53. The molecule has 0 bridgehead atoms. The highest BCUT2D eigenvalue weighted by Gasteiger charge is 2.33. The zero-order chi connectivity index (χ0) is 29.5. The van der Waals surface area contributed by atoms with Crippen molar-refractivity contribution in [2.45, 2.75) is 36.2 Å². The Kier molecular flexibility index (Phi) is 10.5. The second kappa shape index (κ2) is 14.3. The fourth-order valence-corrected chi connectivity index (χ4v) is 7.70. The summed E-state index contributed by atoms with van der Waals surface area (Å²) in [7, 11) is 5.03. The van der Waals surface area contributed by atoms with Gasteiger partial charge < -0.3 is 33.7 Å². The number of piperidine rings is 1. The zero-order valence-electron chi connectivity index (χ0n) is 25.0. The molecule has 2 heterocycles. The smallest absolute Gasteiger partial charge is 0.161 e. The highest BCUT2D eigenvalue weighted by atomic mass is 127. The Bertz CT molecular complexity index is 1320. The highest BCUT2D eigenvalue weighted by Crippen LogP contribution is 2.40. The third-order valence-electron chi connectivity index (χ3n) is 8.64. The molecule has 0 spiro atoms. The van der Waals surface area contributed by atoms with Crippen molar-refractivity contribution in [3.05, 3.63) is 88.1 Å². The second-order valence-corrected chi connectivity index (χ2v) is 13.1. The number of likely N-dealkylation sites (tertiary alicyclic amines) is 1. The summed E-state index contributed by atoms with van der Waals surface area (Å²) in [4.78, 5) is 2.54. The number of halogens is 1. The summed E-state index contributed by atoms with van der Waals surface area (Å²) in [6.45, 7) is 5.44. The van der Waals surface area contributed by atoms with Crippen LogP contribution in [0.15, 0.2) is 60.7 Å². The fraction of sp³-hybridized carbons (Fsp3) is 0.471. The second-order valence-electron chi connectivity index (χ2n) is 11.6. The van der Waals surface area contributed by atoms with E-state index in [9.17, 15) is 5.21 Å². The van der Waals surface area contributed by atoms with Crippen LogP contribution in [-0.4, -0.2) is 70.1 Å². The predicted molar refractivity (Wildman–Crippen MR) is 175 cm³/mol. The van der Waals surface area contributed by atoms with E-state index in [1.165, 1.54) is 16.7 Å². The van der Waals surface area contributed by atoms with Crippen LogP contribution in [0.1, 0.15) is 39.0 Å². The minimum Gasteiger partial charge on any atom is -0.633 e. The normalized spacial score (nSPS) is 22.6. The first-order chi connectivity index (χ1) is 20.4. The minimum atomic E-state index is -0.132. The summed E-state index contributed by atoms with van der Waals surface area (Å²) < 4.78 is 22.8. The van der Waals surface area contributed by atoms with E-state index >= 15 is 0 Å². The van der Waals surface area contributed by atoms with Gasteiger partial charge in [0.2, 0.25) is 0 Å². The van der Waals surface area contributed by atoms with Gasteiger partial charge in [0.1, 0.15) is 6.61 Å². The topological polar surface area (TPSA) is 63.2 Å². The Morgan fingerprint density at radius 3 is 2.40 bits per heavy atom. The maximum absolute atomic E-state index is 14.2. The molecule has 0 amide bonds. The first kappa shape index (κ1) is 30.9. The molecule has 5 rings (SSSR count). The number of benzene rings is 3. The molecule has 42 heavy (non-hydrogen) atoms. The van der Waals surface area contributed by atoms with Crippen molar-refractivity contribution in [2.75, 3.05) is 60.6 Å². The number of nitrogens with zero attached hydrogens (tertiary/aromatic N) is 2. The van der Waals surface area contributed by atoms with Crippen LogP contribution in [0.5, 0.6) is 23.0 Å². The van der Waals surface area contributed by atoms with Gasteiger partial charge in [-0.05, 0) is 72.3 Å². The summed E-state index contributed by atoms with van der Waals surface area (Å²) in [5.41, 5.74) is 4.78. The third kappa shape index (κ3) is 7.70. The Labute approximate surface area is 264 Å². The molecular weight excluding hydrogens is 643 g/mol. The number of hydroxylamine groups is 3. The van der Waals surface area contributed by atoms with Crippen molar-refractivity contribution < 1.29 is 23.6 Å². The average molecular weight is 687 g/mol. The van der Waals surface area contributed by atoms with Crippen molar-refractivity contribution in [2.24, 2.45) is 5.92 Å². The lowest BCUT2D eigenvalue weighted by atomic mass is 9.96. The Balaban J connectivity index is 1.16. The van der Waals surface area contributed by atoms with Crippen LogP contribution in [0, 0.1) is 11.1 Å². The van der Waals surface area contributed by atoms with Crippen LogP contribution in [0.3, 0.4) is 0 Å². The molecule has 1 fully saturated rings. The molecule has 8 heteroatoms. The number of hydrogen-bond donors (Lipinski definition) is 0. The van der Waals surface area contributed by atoms with Crippen LogP contribution >= 0.6 is 22.6 Å². The lowest BCUT2D eigenvalue weighted by Crippen LogP contribution is -2.51. The first-order valence-corrected chi connectivity index (χ1v) is 16.2. The maximum Gasteiger partial charge on any atom is 0.161 e. The van der Waals surface area contributed by atoms with E-state index in [1.807, 2.05) is 24.3 Å². The van der Waals surface area contributed by atoms with Gasteiger partial charge in [-0.25, -0.2) is 0 Å². The molecule has 3 unspecified atom stereocenters. The van der Waals surface area contributed by atoms with Gasteiger partial charge in [-0.15, -0.1) is 0 Å². The van der Waals surface area contributed by atoms with E-state index in [-0.39, 0.29) is 8.57 Å². The number of quaternary nitrogens is 1. The maximum atomic E-state index is 14.2. The van der Waals surface area contributed by atoms with E-state index in [2.05, 4.69) is 63.9 Å². The standard InChI is InChI=1S/C34H43IN2O5/c1-39-32-18-25(11-12-31(32)42-24-26-8-5-4-6-9-26)13-16-36-15-7-10-27(21-36)22-37(38)17-14-28-19-33(40-2)34(41-3)20-29(28)30(35)23-37/h4-6,8-9,11-12,18-20,27,30H,7,10,13-17,21-24H2,1-3H3. The molecular formula is C34H43IN2O5. The molecule has 3 aromatic rings. The van der Waals surface area contributed by atoms with E-state index in [4.69, 9.17) is 18.9 Å². The number of fused-ring (bicyclic) bond motifs is 1. The number of hydrogen-bond acceptors (Lipinski definition) is 6. The summed E-state index contributed by atoms with van der Waals surface area (Å²) >= 11 is 2.45. The largest absolute Gasteiger partial charge is 0.633 e. The predicted octanol–water partition coefficient (Wildman–Crippen LogP) is 6.59. The van der Waals surface area contributed by atoms with E-state index in [0.29, 0.717) is 32.2 Å². The molecule has 3 aromatic carbocycles. The van der Waals surface area contributed by atoms with E-state index in [1.54, 1.807) is 21.3 Å². The fourth-order valence-electron chi connectivity index (χ4n) is 6.40. The molecule has 7 nitrogen and oxygen atoms in total. The molecule has 3 atom stereocenters. The number of methoxy groups -OCH3 is 3. The van der Waals surface area contributed by atoms with Gasteiger partial charge in [-0.2, -0.15) is 0 Å². The van der Waals surface area contributed by atoms with Gasteiger partial charge in [0.25, 0.3) is 0 Å². The number of rotatable bonds is 11. The number of alkyl halides is 1. The summed E-state index contributed by atoms with van der Waals surface area (Å²) in [6, 6.07) is 20.6. The van der Waals surface area contributed by atoms with Crippen molar-refractivity contribution in [1.82, 2.24) is 4.90 Å². The van der Waals surface area contributed by atoms with Crippen molar-refractivity contribution >= 4 is 22.6 Å². The van der Waals surface area contributed by atoms with E-state index < -0.39 is 0 Å². The minimum absolute atomic E-state index is 0.132. The van der Waals surface area contributed by atoms with Gasteiger partial charge in [0.05, 0.1) is 44.9 Å². The van der Waals surface area contributed by atoms with Gasteiger partial charge in [0, 0.05) is 25.4 Å². The molecule has 2 aliphatic heterocycles. The van der Waals surface area contributed by atoms with Crippen LogP contribution in [0.2, 0.25) is 0 Å². The monoisotopic (exact) mass is 686 g/mol. The quantitative estimate of drug-likeness (QED) is 0.0982. The van der Waals surface area contributed by atoms with Crippen LogP contribution < -0.4 is 18.9 Å². The summed E-state index contributed by atoms with van der Waals surface area (Å²) in [5.74, 6) is 3.41. The molecule has 226 valence electrons. The Morgan fingerprint density at radius 2 is 1.64 bits per heavy atom. The van der Waals surface area contributed by atoms with E-state index in [0.717, 1.165) is 73.9 Å². The lowest BCUT2D eigenvalue weighted by Gasteiger charge is -2.46. The molecule has 2 aliphatic rings. The molecule has 0 saturated carbocycles. The lowest BCUT2D eigenvalue weighted by molar-refractivity contribution is -0.883. The zero-order valence-corrected chi connectivity index (χ0v) is 27.2. The van der Waals surface area contributed by atoms with Gasteiger partial charge in [-0.1, -0.05) is 59.0 Å². The van der Waals surface area contributed by atoms with Crippen molar-refractivity contribution in [3.8, 4) is 23.0 Å². The SMILES string of the molecule is COc1cc2c(cc1OC)C(I)C[N+]([O-])(CC1CCCN(CCc3ccc(OCc4ccccc4)c(OC)c3)C1)CC2. The third-order valence-corrected chi connectivity index (χ3v) is 9.71. The van der Waals surface area contributed by atoms with Crippen LogP contribution in [0.25, 0.3) is 0 Å². The summed E-state index contributed by atoms with van der Waals surface area (Å²) in [6.07, 6.45) is 3.97. The molecule has 0 radical (unpaired) electrons.